The molecule has 0 aliphatic rings. The molecule has 0 aliphatic heterocycles. The molecule has 0 radical (unpaired) electrons. The van der Waals surface area contributed by atoms with Gasteiger partial charge in [0.25, 0.3) is 0 Å². The Kier molecular flexibility index (Phi) is 24.3. The van der Waals surface area contributed by atoms with Crippen molar-refractivity contribution in [3.8, 4) is 0 Å². The number of rotatable bonds is 8. The molecule has 15 heteroatoms. The zero-order valence-electron chi connectivity index (χ0n) is 22.1. The second-order valence-electron chi connectivity index (χ2n) is 9.38. The van der Waals surface area contributed by atoms with Crippen LogP contribution in [0.2, 0.25) is 0 Å². The van der Waals surface area contributed by atoms with Crippen LogP contribution in [0.1, 0.15) is 81.1 Å². The van der Waals surface area contributed by atoms with Crippen LogP contribution in [-0.2, 0) is 45.4 Å². The summed E-state index contributed by atoms with van der Waals surface area (Å²) >= 11 is 0. The maximum Gasteiger partial charge on any atom is 0.398 e. The van der Waals surface area contributed by atoms with Crippen molar-refractivity contribution in [2.24, 2.45) is 11.8 Å². The van der Waals surface area contributed by atoms with Crippen molar-refractivity contribution in [2.75, 3.05) is 0 Å². The molecule has 0 rings (SSSR count). The fourth-order valence-electron chi connectivity index (χ4n) is 1.81. The fourth-order valence-corrected chi connectivity index (χ4v) is 1.81. The molecule has 0 bridgehead atoms. The van der Waals surface area contributed by atoms with Crippen LogP contribution in [0.3, 0.4) is 0 Å². The number of carboxylic acid groups (broad SMARTS) is 2. The third kappa shape index (κ3) is 39.3. The van der Waals surface area contributed by atoms with E-state index in [-0.39, 0.29) is 26.2 Å². The van der Waals surface area contributed by atoms with E-state index in [9.17, 15) is 55.7 Å². The molecule has 220 valence electrons. The molecule has 0 heterocycles. The number of halogens is 6. The van der Waals surface area contributed by atoms with Gasteiger partial charge in [-0.15, -0.1) is 0 Å². The Bertz CT molecular complexity index is 611. The van der Waals surface area contributed by atoms with Gasteiger partial charge in [0.1, 0.15) is 11.8 Å². The van der Waals surface area contributed by atoms with E-state index < -0.39 is 84.6 Å². The summed E-state index contributed by atoms with van der Waals surface area (Å²) in [6.45, 7) is 12.8. The van der Waals surface area contributed by atoms with Gasteiger partial charge in [-0.25, -0.2) is 0 Å². The fraction of sp³-hybridized carbons (Fsp3) is 0.818. The van der Waals surface area contributed by atoms with Gasteiger partial charge in [0.15, 0.2) is 11.6 Å². The third-order valence-corrected chi connectivity index (χ3v) is 3.02. The van der Waals surface area contributed by atoms with E-state index >= 15 is 0 Å². The monoisotopic (exact) mass is 632 g/mol. The summed E-state index contributed by atoms with van der Waals surface area (Å²) in [6.07, 6.45) is -12.6. The number of carboxylic acids is 2. The molecular weight excluding hydrogens is 597 g/mol. The summed E-state index contributed by atoms with van der Waals surface area (Å²) in [7, 11) is 0. The summed E-state index contributed by atoms with van der Waals surface area (Å²) in [5.74, 6) is -10.7. The van der Waals surface area contributed by atoms with E-state index in [4.69, 9.17) is 10.2 Å². The van der Waals surface area contributed by atoms with Gasteiger partial charge in [0, 0.05) is 51.0 Å². The Hall–Kier alpha value is -1.34. The van der Waals surface area contributed by atoms with Gasteiger partial charge in [-0.05, 0) is 54.4 Å². The molecule has 0 saturated heterocycles. The Labute approximate surface area is 231 Å². The van der Waals surface area contributed by atoms with Crippen LogP contribution in [0.4, 0.5) is 26.3 Å². The summed E-state index contributed by atoms with van der Waals surface area (Å²) in [6, 6.07) is 0. The molecule has 0 aromatic carbocycles. The Balaban J connectivity index is -0.000000133. The van der Waals surface area contributed by atoms with Gasteiger partial charge < -0.3 is 30.0 Å². The van der Waals surface area contributed by atoms with Crippen LogP contribution < -0.4 is 10.2 Å². The second kappa shape index (κ2) is 19.7. The summed E-state index contributed by atoms with van der Waals surface area (Å²) in [4.78, 5) is 41.1. The Morgan fingerprint density at radius 2 is 0.784 bits per heavy atom. The average molecular weight is 634 g/mol. The van der Waals surface area contributed by atoms with Crippen molar-refractivity contribution >= 4 is 23.5 Å². The largest absolute Gasteiger partial charge is 0.550 e. The molecule has 2 atom stereocenters. The van der Waals surface area contributed by atoms with Gasteiger partial charge in [-0.1, -0.05) is 13.8 Å². The molecule has 0 spiro atoms. The molecule has 0 fully saturated rings. The van der Waals surface area contributed by atoms with Crippen molar-refractivity contribution < 1.29 is 92.2 Å². The normalized spacial score (nSPS) is 13.0. The topological polar surface area (TPSA) is 155 Å². The van der Waals surface area contributed by atoms with Crippen LogP contribution in [0, 0.1) is 11.8 Å². The number of Topliss-reactive ketones (excluding diaryl/α,β-unsaturated/α-hetero) is 2. The second-order valence-corrected chi connectivity index (χ2v) is 9.38. The van der Waals surface area contributed by atoms with E-state index in [0.717, 1.165) is 0 Å². The first kappa shape index (κ1) is 45.6. The number of hydrogen-bond donors (Lipinski definition) is 2. The molecule has 0 amide bonds. The number of hydrogen-bond acceptors (Lipinski definition) is 8. The standard InChI is InChI=1S/2C7H9F3O3.2C4H10O.Zr/c2*1-2-4(7(8,9)10)5(11)3-6(12)13;2*1-4(2,3)5;/h2*4H,2-3H2,1H3,(H,12,13);2*5H,1-3H3;/p-2. The molecule has 37 heavy (non-hydrogen) atoms. The first-order chi connectivity index (χ1) is 15.6. The van der Waals surface area contributed by atoms with Crippen LogP contribution in [0.25, 0.3) is 0 Å². The molecule has 2 unspecified atom stereocenters. The van der Waals surface area contributed by atoms with Gasteiger partial charge in [0.2, 0.25) is 0 Å². The van der Waals surface area contributed by atoms with Crippen molar-refractivity contribution in [3.63, 3.8) is 0 Å². The van der Waals surface area contributed by atoms with Crippen molar-refractivity contribution in [2.45, 2.75) is 105 Å². The maximum atomic E-state index is 12.0. The van der Waals surface area contributed by atoms with Gasteiger partial charge in [0.05, 0.1) is 11.2 Å². The first-order valence-corrected chi connectivity index (χ1v) is 10.6. The van der Waals surface area contributed by atoms with Crippen LogP contribution >= 0.6 is 0 Å². The molecule has 0 aromatic rings. The van der Waals surface area contributed by atoms with Gasteiger partial charge >= 0.3 is 12.4 Å². The minimum absolute atomic E-state index is 0. The molecular formula is C22H36F6O8Zr-2. The summed E-state index contributed by atoms with van der Waals surface area (Å²) in [5, 5.41) is 36.8. The molecule has 0 aliphatic carbocycles. The SMILES string of the molecule is CC(C)(C)O.CC(C)(C)O.CCC(C(=O)CC(=O)[O-])C(F)(F)F.CCC(C(=O)CC(=O)[O-])C(F)(F)F.[Zr]. The van der Waals surface area contributed by atoms with Gasteiger partial charge in [-0.2, -0.15) is 26.3 Å². The maximum absolute atomic E-state index is 12.0. The predicted octanol–water partition coefficient (Wildman–Crippen LogP) is 2.12. The predicted molar refractivity (Wildman–Crippen MR) is 113 cm³/mol. The van der Waals surface area contributed by atoms with Crippen molar-refractivity contribution in [1.82, 2.24) is 0 Å². The summed E-state index contributed by atoms with van der Waals surface area (Å²) in [5.41, 5.74) is -1.00. The van der Waals surface area contributed by atoms with E-state index in [1.807, 2.05) is 0 Å². The number of carbonyl (C=O) groups is 4. The quantitative estimate of drug-likeness (QED) is 0.304. The van der Waals surface area contributed by atoms with Crippen LogP contribution in [0.15, 0.2) is 0 Å². The molecule has 2 N–H and O–H groups in total. The zero-order chi connectivity index (χ0) is 30.3. The van der Waals surface area contributed by atoms with Crippen LogP contribution in [0.5, 0.6) is 0 Å². The minimum atomic E-state index is -4.67. The third-order valence-electron chi connectivity index (χ3n) is 3.02. The smallest absolute Gasteiger partial charge is 0.398 e. The molecule has 0 aromatic heterocycles. The number of carbonyl (C=O) groups excluding carboxylic acids is 4. The number of aliphatic hydroxyl groups is 2. The Morgan fingerprint density at radius 1 is 0.622 bits per heavy atom. The number of aliphatic carboxylic acids is 2. The molecule has 0 saturated carbocycles. The van der Waals surface area contributed by atoms with E-state index in [1.165, 1.54) is 13.8 Å². The number of ketones is 2. The van der Waals surface area contributed by atoms with Crippen molar-refractivity contribution in [3.05, 3.63) is 0 Å². The average Bonchev–Trinajstić information content (AvgIpc) is 2.48. The first-order valence-electron chi connectivity index (χ1n) is 10.6. The van der Waals surface area contributed by atoms with Crippen molar-refractivity contribution in [1.29, 1.82) is 0 Å². The zero-order valence-corrected chi connectivity index (χ0v) is 24.6. The molecule has 8 nitrogen and oxygen atoms in total. The minimum Gasteiger partial charge on any atom is -0.550 e. The van der Waals surface area contributed by atoms with Gasteiger partial charge in [-0.3, -0.25) is 9.59 Å². The Morgan fingerprint density at radius 3 is 0.865 bits per heavy atom. The summed E-state index contributed by atoms with van der Waals surface area (Å²) < 4.78 is 71.9. The van der Waals surface area contributed by atoms with Crippen LogP contribution in [-0.4, -0.2) is 57.3 Å². The van der Waals surface area contributed by atoms with E-state index in [0.29, 0.717) is 0 Å². The number of alkyl halides is 6. The van der Waals surface area contributed by atoms with E-state index in [1.54, 1.807) is 41.5 Å². The van der Waals surface area contributed by atoms with E-state index in [2.05, 4.69) is 0 Å².